The predicted molar refractivity (Wildman–Crippen MR) is 79.0 cm³/mol. The topological polar surface area (TPSA) is 42.7 Å². The van der Waals surface area contributed by atoms with E-state index in [-0.39, 0.29) is 0 Å². The zero-order chi connectivity index (χ0) is 13.4. The smallest absolute Gasteiger partial charge is 0.138 e. The number of aromatic nitrogens is 3. The first-order valence-corrected chi connectivity index (χ1v) is 7.94. The molecule has 1 aromatic rings. The van der Waals surface area contributed by atoms with Crippen LogP contribution in [0.5, 0.6) is 0 Å². The van der Waals surface area contributed by atoms with Gasteiger partial charge in [0.05, 0.1) is 0 Å². The fourth-order valence-electron chi connectivity index (χ4n) is 1.76. The first-order chi connectivity index (χ1) is 8.67. The standard InChI is InChI=1S/C13H26N4S/c1-5-6-17-13(15-10-16-17)7-12(14-4)9-18-8-11(2)3/h10-12,14H,5-9H2,1-4H3. The number of rotatable bonds is 9. The molecule has 0 saturated carbocycles. The summed E-state index contributed by atoms with van der Waals surface area (Å²) in [6, 6.07) is 0.480. The number of likely N-dealkylation sites (N-methyl/N-ethyl adjacent to an activating group) is 1. The molecule has 4 nitrogen and oxygen atoms in total. The lowest BCUT2D eigenvalue weighted by Gasteiger charge is -2.16. The molecule has 0 saturated heterocycles. The van der Waals surface area contributed by atoms with Crippen LogP contribution in [0.25, 0.3) is 0 Å². The van der Waals surface area contributed by atoms with Gasteiger partial charge in [-0.15, -0.1) is 0 Å². The molecule has 18 heavy (non-hydrogen) atoms. The molecular formula is C13H26N4S. The molecule has 104 valence electrons. The molecule has 0 bridgehead atoms. The van der Waals surface area contributed by atoms with Crippen LogP contribution in [-0.4, -0.2) is 39.4 Å². The van der Waals surface area contributed by atoms with Crippen molar-refractivity contribution < 1.29 is 0 Å². The molecule has 1 heterocycles. The molecule has 1 atom stereocenters. The van der Waals surface area contributed by atoms with Gasteiger partial charge < -0.3 is 5.32 Å². The number of nitrogens with zero attached hydrogens (tertiary/aromatic N) is 3. The lowest BCUT2D eigenvalue weighted by molar-refractivity contribution is 0.528. The minimum atomic E-state index is 0.480. The minimum Gasteiger partial charge on any atom is -0.316 e. The number of nitrogens with one attached hydrogen (secondary N) is 1. The Morgan fingerprint density at radius 1 is 1.39 bits per heavy atom. The van der Waals surface area contributed by atoms with Crippen molar-refractivity contribution in [3.63, 3.8) is 0 Å². The first kappa shape index (κ1) is 15.5. The average Bonchev–Trinajstić information content (AvgIpc) is 2.75. The molecule has 1 rings (SSSR count). The van der Waals surface area contributed by atoms with Gasteiger partial charge in [0, 0.05) is 24.8 Å². The molecule has 1 N–H and O–H groups in total. The van der Waals surface area contributed by atoms with Crippen molar-refractivity contribution in [1.82, 2.24) is 20.1 Å². The summed E-state index contributed by atoms with van der Waals surface area (Å²) in [5.41, 5.74) is 0. The van der Waals surface area contributed by atoms with Gasteiger partial charge in [-0.3, -0.25) is 4.68 Å². The van der Waals surface area contributed by atoms with Crippen LogP contribution in [0.4, 0.5) is 0 Å². The maximum absolute atomic E-state index is 4.37. The molecule has 0 aliphatic heterocycles. The van der Waals surface area contributed by atoms with Crippen molar-refractivity contribution >= 4 is 11.8 Å². The summed E-state index contributed by atoms with van der Waals surface area (Å²) in [7, 11) is 2.03. The third-order valence-electron chi connectivity index (χ3n) is 2.74. The second-order valence-electron chi connectivity index (χ2n) is 5.02. The summed E-state index contributed by atoms with van der Waals surface area (Å²) in [6.07, 6.45) is 3.73. The highest BCUT2D eigenvalue weighted by atomic mass is 32.2. The van der Waals surface area contributed by atoms with Crippen molar-refractivity contribution in [2.24, 2.45) is 5.92 Å². The third-order valence-corrected chi connectivity index (χ3v) is 4.28. The molecular weight excluding hydrogens is 244 g/mol. The summed E-state index contributed by atoms with van der Waals surface area (Å²) >= 11 is 2.02. The summed E-state index contributed by atoms with van der Waals surface area (Å²) in [5.74, 6) is 4.21. The van der Waals surface area contributed by atoms with Crippen molar-refractivity contribution in [3.05, 3.63) is 12.2 Å². The van der Waals surface area contributed by atoms with Gasteiger partial charge in [-0.25, -0.2) is 4.98 Å². The number of aryl methyl sites for hydroxylation is 1. The Bertz CT molecular complexity index is 325. The second-order valence-corrected chi connectivity index (χ2v) is 6.10. The molecule has 0 aliphatic rings. The van der Waals surface area contributed by atoms with Gasteiger partial charge in [0.25, 0.3) is 0 Å². The van der Waals surface area contributed by atoms with Crippen molar-refractivity contribution in [3.8, 4) is 0 Å². The average molecular weight is 270 g/mol. The zero-order valence-corrected chi connectivity index (χ0v) is 12.8. The van der Waals surface area contributed by atoms with Crippen LogP contribution < -0.4 is 5.32 Å². The quantitative estimate of drug-likeness (QED) is 0.747. The predicted octanol–water partition coefficient (Wildman–Crippen LogP) is 2.21. The maximum atomic E-state index is 4.37. The second kappa shape index (κ2) is 8.53. The molecule has 1 aromatic heterocycles. The van der Waals surface area contributed by atoms with Crippen molar-refractivity contribution in [2.45, 2.75) is 46.2 Å². The van der Waals surface area contributed by atoms with Gasteiger partial charge >= 0.3 is 0 Å². The third kappa shape index (κ3) is 5.40. The first-order valence-electron chi connectivity index (χ1n) is 6.79. The Labute approximate surface area is 115 Å². The summed E-state index contributed by atoms with van der Waals surface area (Å²) in [6.45, 7) is 7.66. The minimum absolute atomic E-state index is 0.480. The summed E-state index contributed by atoms with van der Waals surface area (Å²) < 4.78 is 2.03. The van der Waals surface area contributed by atoms with Crippen LogP contribution in [0.3, 0.4) is 0 Å². The van der Waals surface area contributed by atoms with Gasteiger partial charge in [-0.1, -0.05) is 20.8 Å². The van der Waals surface area contributed by atoms with E-state index in [1.165, 1.54) is 5.75 Å². The fourth-order valence-corrected chi connectivity index (χ4v) is 2.93. The number of hydrogen-bond donors (Lipinski definition) is 1. The van der Waals surface area contributed by atoms with E-state index < -0.39 is 0 Å². The van der Waals surface area contributed by atoms with E-state index in [9.17, 15) is 0 Å². The Morgan fingerprint density at radius 2 is 2.17 bits per heavy atom. The van der Waals surface area contributed by atoms with Gasteiger partial charge in [-0.2, -0.15) is 16.9 Å². The van der Waals surface area contributed by atoms with E-state index in [1.807, 2.05) is 23.5 Å². The molecule has 1 unspecified atom stereocenters. The van der Waals surface area contributed by atoms with Crippen LogP contribution >= 0.6 is 11.8 Å². The van der Waals surface area contributed by atoms with Crippen LogP contribution in [-0.2, 0) is 13.0 Å². The fraction of sp³-hybridized carbons (Fsp3) is 0.846. The van der Waals surface area contributed by atoms with Gasteiger partial charge in [-0.05, 0) is 25.1 Å². The lowest BCUT2D eigenvalue weighted by atomic mass is 10.2. The molecule has 5 heteroatoms. The van der Waals surface area contributed by atoms with Gasteiger partial charge in [0.15, 0.2) is 0 Å². The van der Waals surface area contributed by atoms with Crippen molar-refractivity contribution in [1.29, 1.82) is 0 Å². The molecule has 0 radical (unpaired) electrons. The van der Waals surface area contributed by atoms with E-state index in [0.717, 1.165) is 36.9 Å². The Kier molecular flexibility index (Phi) is 7.35. The molecule has 0 fully saturated rings. The zero-order valence-electron chi connectivity index (χ0n) is 12.0. The van der Waals surface area contributed by atoms with Gasteiger partial charge in [0.2, 0.25) is 0 Å². The van der Waals surface area contributed by atoms with E-state index in [1.54, 1.807) is 6.33 Å². The SMILES string of the molecule is CCCn1ncnc1CC(CSCC(C)C)NC. The van der Waals surface area contributed by atoms with Crippen molar-refractivity contribution in [2.75, 3.05) is 18.6 Å². The highest BCUT2D eigenvalue weighted by Gasteiger charge is 2.12. The van der Waals surface area contributed by atoms with Crippen LogP contribution in [0.15, 0.2) is 6.33 Å². The molecule has 0 aliphatic carbocycles. The van der Waals surface area contributed by atoms with E-state index in [4.69, 9.17) is 0 Å². The Balaban J connectivity index is 2.43. The highest BCUT2D eigenvalue weighted by molar-refractivity contribution is 7.99. The Hall–Kier alpha value is -0.550. The van der Waals surface area contributed by atoms with E-state index in [0.29, 0.717) is 6.04 Å². The van der Waals surface area contributed by atoms with E-state index in [2.05, 4.69) is 36.2 Å². The molecule has 0 amide bonds. The summed E-state index contributed by atoms with van der Waals surface area (Å²) in [5, 5.41) is 7.65. The largest absolute Gasteiger partial charge is 0.316 e. The normalized spacial score (nSPS) is 13.2. The van der Waals surface area contributed by atoms with Crippen LogP contribution in [0.2, 0.25) is 0 Å². The molecule has 0 spiro atoms. The van der Waals surface area contributed by atoms with Crippen LogP contribution in [0, 0.1) is 5.92 Å². The maximum Gasteiger partial charge on any atom is 0.138 e. The Morgan fingerprint density at radius 3 is 2.78 bits per heavy atom. The number of thioether (sulfide) groups is 1. The van der Waals surface area contributed by atoms with Crippen LogP contribution in [0.1, 0.15) is 33.0 Å². The lowest BCUT2D eigenvalue weighted by Crippen LogP contribution is -2.31. The van der Waals surface area contributed by atoms with Gasteiger partial charge in [0.1, 0.15) is 12.2 Å². The monoisotopic (exact) mass is 270 g/mol. The summed E-state index contributed by atoms with van der Waals surface area (Å²) in [4.78, 5) is 4.37. The van der Waals surface area contributed by atoms with E-state index >= 15 is 0 Å². The molecule has 0 aromatic carbocycles. The highest BCUT2D eigenvalue weighted by Crippen LogP contribution is 2.11. The number of hydrogen-bond acceptors (Lipinski definition) is 4.